The lowest BCUT2D eigenvalue weighted by Crippen LogP contribution is -2.62. The molecule has 2 aliphatic heterocycles. The Kier molecular flexibility index (Phi) is 4.00. The van der Waals surface area contributed by atoms with Gasteiger partial charge in [-0.25, -0.2) is 0 Å². The van der Waals surface area contributed by atoms with E-state index in [-0.39, 0.29) is 17.6 Å². The lowest BCUT2D eigenvalue weighted by atomic mass is 9.83. The smallest absolute Gasteiger partial charge is 0.255 e. The van der Waals surface area contributed by atoms with E-state index in [4.69, 9.17) is 5.10 Å². The summed E-state index contributed by atoms with van der Waals surface area (Å²) < 4.78 is 0. The summed E-state index contributed by atoms with van der Waals surface area (Å²) in [5, 5.41) is 14.2. The standard InChI is InChI=1S/C18H22N4OS/c1-2-12-24-17-19-16(23)15-13-8-4-5-9-14(13)20-18(22(15)21-17)10-6-3-7-11-18/h2,4-5,8-9,15,20H,1,3,6-7,10-12H2,(H,19,21,23)/t15-/m1/s1. The summed E-state index contributed by atoms with van der Waals surface area (Å²) in [5.41, 5.74) is 1.81. The third-order valence-corrected chi connectivity index (χ3v) is 5.86. The van der Waals surface area contributed by atoms with E-state index in [9.17, 15) is 4.79 Å². The van der Waals surface area contributed by atoms with Crippen LogP contribution < -0.4 is 10.6 Å². The summed E-state index contributed by atoms with van der Waals surface area (Å²) in [5.74, 6) is 0.740. The van der Waals surface area contributed by atoms with Gasteiger partial charge in [-0.3, -0.25) is 9.80 Å². The number of nitrogens with one attached hydrogen (secondary N) is 2. The highest BCUT2D eigenvalue weighted by molar-refractivity contribution is 8.14. The van der Waals surface area contributed by atoms with Crippen LogP contribution in [0.25, 0.3) is 0 Å². The molecule has 2 heterocycles. The molecule has 1 aromatic carbocycles. The van der Waals surface area contributed by atoms with Crippen molar-refractivity contribution in [1.29, 1.82) is 0 Å². The number of fused-ring (bicyclic) bond motifs is 4. The van der Waals surface area contributed by atoms with Crippen LogP contribution in [-0.2, 0) is 4.79 Å². The number of thioether (sulfide) groups is 1. The molecule has 5 nitrogen and oxygen atoms in total. The molecule has 1 saturated carbocycles. The largest absolute Gasteiger partial charge is 0.361 e. The number of hydrazone groups is 1. The van der Waals surface area contributed by atoms with Crippen LogP contribution in [0.1, 0.15) is 43.7 Å². The molecule has 0 saturated heterocycles. The summed E-state index contributed by atoms with van der Waals surface area (Å²) in [6.45, 7) is 3.74. The first kappa shape index (κ1) is 15.6. The zero-order valence-electron chi connectivity index (χ0n) is 13.6. The molecule has 1 aromatic rings. The Hall–Kier alpha value is -1.95. The van der Waals surface area contributed by atoms with Crippen LogP contribution in [0.15, 0.2) is 42.0 Å². The Morgan fingerprint density at radius 1 is 1.33 bits per heavy atom. The van der Waals surface area contributed by atoms with Crippen molar-refractivity contribution in [2.45, 2.75) is 43.8 Å². The molecule has 126 valence electrons. The number of nitrogens with zero attached hydrogens (tertiary/aromatic N) is 2. The van der Waals surface area contributed by atoms with Gasteiger partial charge in [-0.2, -0.15) is 0 Å². The van der Waals surface area contributed by atoms with E-state index in [1.165, 1.54) is 18.2 Å². The summed E-state index contributed by atoms with van der Waals surface area (Å²) in [7, 11) is 0. The van der Waals surface area contributed by atoms with E-state index < -0.39 is 0 Å². The number of para-hydroxylation sites is 1. The maximum Gasteiger partial charge on any atom is 0.255 e. The second-order valence-electron chi connectivity index (χ2n) is 6.55. The van der Waals surface area contributed by atoms with E-state index in [1.54, 1.807) is 0 Å². The summed E-state index contributed by atoms with van der Waals surface area (Å²) >= 11 is 1.52. The van der Waals surface area contributed by atoms with Gasteiger partial charge < -0.3 is 10.6 Å². The first-order valence-electron chi connectivity index (χ1n) is 8.53. The van der Waals surface area contributed by atoms with Gasteiger partial charge in [0.25, 0.3) is 5.91 Å². The molecular formula is C18H22N4OS. The Morgan fingerprint density at radius 3 is 2.92 bits per heavy atom. The summed E-state index contributed by atoms with van der Waals surface area (Å²) in [6.07, 6.45) is 7.40. The number of amidine groups is 1. The number of hydrogen-bond donors (Lipinski definition) is 2. The van der Waals surface area contributed by atoms with Crippen molar-refractivity contribution in [2.75, 3.05) is 11.1 Å². The topological polar surface area (TPSA) is 56.7 Å². The number of anilines is 1. The van der Waals surface area contributed by atoms with Gasteiger partial charge in [0.1, 0.15) is 5.66 Å². The normalized spacial score (nSPS) is 24.3. The second-order valence-corrected chi connectivity index (χ2v) is 7.55. The van der Waals surface area contributed by atoms with Gasteiger partial charge in [-0.05, 0) is 31.7 Å². The van der Waals surface area contributed by atoms with Gasteiger partial charge >= 0.3 is 0 Å². The van der Waals surface area contributed by atoms with Gasteiger partial charge in [-0.15, -0.1) is 11.7 Å². The average molecular weight is 342 g/mol. The minimum atomic E-state index is -0.353. The number of amides is 1. The van der Waals surface area contributed by atoms with Gasteiger partial charge in [0.05, 0.1) is 0 Å². The van der Waals surface area contributed by atoms with Gasteiger partial charge in [-0.1, -0.05) is 42.5 Å². The van der Waals surface area contributed by atoms with Crippen molar-refractivity contribution in [3.8, 4) is 0 Å². The Morgan fingerprint density at radius 2 is 2.12 bits per heavy atom. The summed E-state index contributed by atoms with van der Waals surface area (Å²) in [4.78, 5) is 12.9. The molecule has 24 heavy (non-hydrogen) atoms. The zero-order valence-corrected chi connectivity index (χ0v) is 14.4. The zero-order chi connectivity index (χ0) is 16.6. The van der Waals surface area contributed by atoms with E-state index >= 15 is 0 Å². The summed E-state index contributed by atoms with van der Waals surface area (Å²) in [6, 6.07) is 7.74. The first-order chi connectivity index (χ1) is 11.7. The highest BCUT2D eigenvalue weighted by atomic mass is 32.2. The van der Waals surface area contributed by atoms with Crippen LogP contribution in [-0.4, -0.2) is 27.5 Å². The SMILES string of the molecule is C=CCSC1=NN2[C@@H](C(=O)N1)c1ccccc1NC21CCCCC1. The molecule has 0 unspecified atom stereocenters. The fraction of sp³-hybridized carbons (Fsp3) is 0.444. The molecule has 0 bridgehead atoms. The molecule has 1 spiro atoms. The molecule has 1 atom stereocenters. The molecule has 4 rings (SSSR count). The van der Waals surface area contributed by atoms with Gasteiger partial charge in [0.15, 0.2) is 11.2 Å². The van der Waals surface area contributed by atoms with Gasteiger partial charge in [0, 0.05) is 17.0 Å². The van der Waals surface area contributed by atoms with Crippen molar-refractivity contribution in [3.05, 3.63) is 42.5 Å². The van der Waals surface area contributed by atoms with E-state index in [0.29, 0.717) is 5.17 Å². The van der Waals surface area contributed by atoms with Crippen molar-refractivity contribution >= 4 is 28.5 Å². The molecule has 6 heteroatoms. The monoisotopic (exact) mass is 342 g/mol. The highest BCUT2D eigenvalue weighted by Gasteiger charge is 2.50. The molecule has 2 N–H and O–H groups in total. The average Bonchev–Trinajstić information content (AvgIpc) is 2.61. The van der Waals surface area contributed by atoms with E-state index in [2.05, 4.69) is 23.3 Å². The Labute approximate surface area is 146 Å². The minimum absolute atomic E-state index is 0.00969. The highest BCUT2D eigenvalue weighted by Crippen LogP contribution is 2.47. The molecule has 3 aliphatic rings. The lowest BCUT2D eigenvalue weighted by Gasteiger charge is -2.53. The molecule has 1 amide bonds. The third kappa shape index (κ3) is 2.49. The van der Waals surface area contributed by atoms with E-state index in [0.717, 1.165) is 42.7 Å². The molecule has 1 aliphatic carbocycles. The van der Waals surface area contributed by atoms with E-state index in [1.807, 2.05) is 29.3 Å². The fourth-order valence-electron chi connectivity index (χ4n) is 3.93. The predicted molar refractivity (Wildman–Crippen MR) is 98.7 cm³/mol. The van der Waals surface area contributed by atoms with Crippen LogP contribution in [0.4, 0.5) is 5.69 Å². The van der Waals surface area contributed by atoms with Gasteiger partial charge in [0.2, 0.25) is 0 Å². The molecular weight excluding hydrogens is 320 g/mol. The third-order valence-electron chi connectivity index (χ3n) is 5.00. The number of hydrogen-bond acceptors (Lipinski definition) is 5. The first-order valence-corrected chi connectivity index (χ1v) is 9.52. The van der Waals surface area contributed by atoms with Crippen LogP contribution in [0.3, 0.4) is 0 Å². The fourth-order valence-corrected chi connectivity index (χ4v) is 4.53. The van der Waals surface area contributed by atoms with Crippen LogP contribution in [0.5, 0.6) is 0 Å². The van der Waals surface area contributed by atoms with Crippen LogP contribution in [0.2, 0.25) is 0 Å². The number of benzene rings is 1. The molecule has 1 fully saturated rings. The molecule has 0 radical (unpaired) electrons. The maximum absolute atomic E-state index is 12.9. The predicted octanol–water partition coefficient (Wildman–Crippen LogP) is 3.44. The van der Waals surface area contributed by atoms with Crippen molar-refractivity contribution in [1.82, 2.24) is 10.3 Å². The molecule has 0 aromatic heterocycles. The van der Waals surface area contributed by atoms with Crippen molar-refractivity contribution in [2.24, 2.45) is 5.10 Å². The lowest BCUT2D eigenvalue weighted by molar-refractivity contribution is -0.130. The quantitative estimate of drug-likeness (QED) is 0.809. The van der Waals surface area contributed by atoms with Crippen molar-refractivity contribution < 1.29 is 4.79 Å². The Bertz CT molecular complexity index is 696. The minimum Gasteiger partial charge on any atom is -0.361 e. The number of carbonyl (C=O) groups is 1. The number of carbonyl (C=O) groups excluding carboxylic acids is 1. The maximum atomic E-state index is 12.9. The Balaban J connectivity index is 1.79. The number of rotatable bonds is 2. The van der Waals surface area contributed by atoms with Crippen molar-refractivity contribution in [3.63, 3.8) is 0 Å². The second kappa shape index (κ2) is 6.16. The van der Waals surface area contributed by atoms with Crippen LogP contribution >= 0.6 is 11.8 Å². The van der Waals surface area contributed by atoms with Crippen LogP contribution in [0, 0.1) is 0 Å².